The first-order chi connectivity index (χ1) is 11.7. The third-order valence-corrected chi connectivity index (χ3v) is 5.11. The van der Waals surface area contributed by atoms with Crippen LogP contribution in [0.5, 0.6) is 0 Å². The number of halogens is 1. The maximum Gasteiger partial charge on any atom is 0.205 e. The number of rotatable bonds is 4. The van der Waals surface area contributed by atoms with Crippen molar-refractivity contribution < 1.29 is 0 Å². The first-order valence-corrected chi connectivity index (χ1v) is 9.41. The van der Waals surface area contributed by atoms with Crippen molar-refractivity contribution in [2.75, 3.05) is 7.05 Å². The lowest BCUT2D eigenvalue weighted by molar-refractivity contribution is 0.848. The molecular formula is C19H18BrN3S. The van der Waals surface area contributed by atoms with Crippen LogP contribution in [0.15, 0.2) is 68.5 Å². The summed E-state index contributed by atoms with van der Waals surface area (Å²) < 4.78 is 2.94. The molecule has 0 spiro atoms. The van der Waals surface area contributed by atoms with Crippen LogP contribution in [-0.4, -0.2) is 17.9 Å². The van der Waals surface area contributed by atoms with Crippen LogP contribution in [0.25, 0.3) is 11.3 Å². The second-order valence-electron chi connectivity index (χ2n) is 5.29. The van der Waals surface area contributed by atoms with Crippen molar-refractivity contribution in [2.45, 2.75) is 13.3 Å². The lowest BCUT2D eigenvalue weighted by Crippen LogP contribution is -2.11. The number of hydrogen-bond acceptors (Lipinski definition) is 3. The van der Waals surface area contributed by atoms with Gasteiger partial charge in [0.1, 0.15) is 0 Å². The molecule has 0 aliphatic heterocycles. The van der Waals surface area contributed by atoms with Crippen molar-refractivity contribution in [3.05, 3.63) is 74.3 Å². The van der Waals surface area contributed by atoms with Gasteiger partial charge < -0.3 is 0 Å². The Bertz CT molecular complexity index is 920. The number of nitrogens with zero attached hydrogens (tertiary/aromatic N) is 3. The number of aryl methyl sites for hydroxylation is 1. The molecule has 0 fully saturated rings. The van der Waals surface area contributed by atoms with Crippen molar-refractivity contribution in [2.24, 2.45) is 10.1 Å². The number of hydrogen-bond donors (Lipinski definition) is 0. The summed E-state index contributed by atoms with van der Waals surface area (Å²) in [4.78, 5) is 5.20. The molecule has 0 radical (unpaired) electrons. The summed E-state index contributed by atoms with van der Waals surface area (Å²) >= 11 is 5.11. The van der Waals surface area contributed by atoms with E-state index >= 15 is 0 Å². The Morgan fingerprint density at radius 1 is 1.17 bits per heavy atom. The van der Waals surface area contributed by atoms with E-state index in [0.717, 1.165) is 32.5 Å². The second kappa shape index (κ2) is 7.73. The Hall–Kier alpha value is -1.98. The van der Waals surface area contributed by atoms with Gasteiger partial charge in [-0.05, 0) is 29.7 Å². The van der Waals surface area contributed by atoms with E-state index in [2.05, 4.69) is 74.7 Å². The van der Waals surface area contributed by atoms with Crippen molar-refractivity contribution in [1.29, 1.82) is 0 Å². The summed E-state index contributed by atoms with van der Waals surface area (Å²) in [7, 11) is 1.79. The summed E-state index contributed by atoms with van der Waals surface area (Å²) in [6, 6.07) is 16.7. The third-order valence-electron chi connectivity index (χ3n) is 3.71. The average molecular weight is 400 g/mol. The molecule has 1 aromatic heterocycles. The predicted molar refractivity (Wildman–Crippen MR) is 106 cm³/mol. The van der Waals surface area contributed by atoms with Crippen LogP contribution in [-0.2, 0) is 6.42 Å². The molecule has 24 heavy (non-hydrogen) atoms. The van der Waals surface area contributed by atoms with Crippen molar-refractivity contribution in [1.82, 2.24) is 4.68 Å². The first kappa shape index (κ1) is 16.9. The SMILES string of the molecule is CCc1ccc(C=Nn2c(-c3cccc(Br)c3)csc2=NC)cc1. The largest absolute Gasteiger partial charge is 0.261 e. The van der Waals surface area contributed by atoms with Gasteiger partial charge in [0.15, 0.2) is 0 Å². The van der Waals surface area contributed by atoms with Crippen LogP contribution in [0.3, 0.4) is 0 Å². The molecule has 3 aromatic rings. The minimum atomic E-state index is 0.867. The summed E-state index contributed by atoms with van der Waals surface area (Å²) in [6.45, 7) is 2.16. The summed E-state index contributed by atoms with van der Waals surface area (Å²) in [5.74, 6) is 0. The van der Waals surface area contributed by atoms with E-state index in [1.54, 1.807) is 18.4 Å². The van der Waals surface area contributed by atoms with Gasteiger partial charge in [-0.25, -0.2) is 4.68 Å². The lowest BCUT2D eigenvalue weighted by atomic mass is 10.1. The molecule has 0 unspecified atom stereocenters. The van der Waals surface area contributed by atoms with Gasteiger partial charge in [-0.3, -0.25) is 4.99 Å². The number of aromatic nitrogens is 1. The molecule has 0 atom stereocenters. The van der Waals surface area contributed by atoms with Crippen molar-refractivity contribution in [3.63, 3.8) is 0 Å². The zero-order valence-corrected chi connectivity index (χ0v) is 16.0. The molecular weight excluding hydrogens is 382 g/mol. The minimum Gasteiger partial charge on any atom is -0.261 e. The molecule has 5 heteroatoms. The Morgan fingerprint density at radius 2 is 1.96 bits per heavy atom. The molecule has 3 rings (SSSR count). The highest BCUT2D eigenvalue weighted by atomic mass is 79.9. The van der Waals surface area contributed by atoms with E-state index in [0.29, 0.717) is 0 Å². The van der Waals surface area contributed by atoms with Gasteiger partial charge in [0.25, 0.3) is 0 Å². The fourth-order valence-corrected chi connectivity index (χ4v) is 3.58. The van der Waals surface area contributed by atoms with E-state index < -0.39 is 0 Å². The molecule has 122 valence electrons. The van der Waals surface area contributed by atoms with E-state index in [1.807, 2.05) is 23.0 Å². The van der Waals surface area contributed by atoms with Crippen LogP contribution >= 0.6 is 27.3 Å². The number of benzene rings is 2. The van der Waals surface area contributed by atoms with Crippen LogP contribution < -0.4 is 4.80 Å². The zero-order valence-electron chi connectivity index (χ0n) is 13.6. The summed E-state index contributed by atoms with van der Waals surface area (Å²) in [5, 5.41) is 6.75. The molecule has 0 aliphatic rings. The number of thiazole rings is 1. The van der Waals surface area contributed by atoms with E-state index in [-0.39, 0.29) is 0 Å². The maximum atomic E-state index is 4.66. The molecule has 0 N–H and O–H groups in total. The Morgan fingerprint density at radius 3 is 2.62 bits per heavy atom. The topological polar surface area (TPSA) is 29.6 Å². The monoisotopic (exact) mass is 399 g/mol. The second-order valence-corrected chi connectivity index (χ2v) is 7.04. The molecule has 0 bridgehead atoms. The molecule has 0 aliphatic carbocycles. The Labute approximate surface area is 154 Å². The van der Waals surface area contributed by atoms with E-state index in [9.17, 15) is 0 Å². The van der Waals surface area contributed by atoms with Gasteiger partial charge in [-0.1, -0.05) is 59.3 Å². The standard InChI is InChI=1S/C19H18BrN3S/c1-3-14-7-9-15(10-8-14)12-22-23-18(13-24-19(23)21-2)16-5-4-6-17(20)11-16/h4-13H,3H2,1-2H3. The average Bonchev–Trinajstić information content (AvgIpc) is 3.03. The minimum absolute atomic E-state index is 0.867. The molecule has 0 saturated carbocycles. The van der Waals surface area contributed by atoms with Crippen LogP contribution in [0.1, 0.15) is 18.1 Å². The molecule has 0 saturated heterocycles. The smallest absolute Gasteiger partial charge is 0.205 e. The normalized spacial score (nSPS) is 12.2. The zero-order chi connectivity index (χ0) is 16.9. The lowest BCUT2D eigenvalue weighted by Gasteiger charge is -2.04. The Kier molecular flexibility index (Phi) is 5.43. The van der Waals surface area contributed by atoms with Crippen LogP contribution in [0.4, 0.5) is 0 Å². The van der Waals surface area contributed by atoms with E-state index in [1.165, 1.54) is 5.56 Å². The van der Waals surface area contributed by atoms with Crippen molar-refractivity contribution in [3.8, 4) is 11.3 Å². The Balaban J connectivity index is 2.00. The third kappa shape index (κ3) is 3.74. The quantitative estimate of drug-likeness (QED) is 0.555. The van der Waals surface area contributed by atoms with Gasteiger partial charge in [0, 0.05) is 22.5 Å². The van der Waals surface area contributed by atoms with Gasteiger partial charge in [0.05, 0.1) is 11.9 Å². The van der Waals surface area contributed by atoms with Gasteiger partial charge in [-0.15, -0.1) is 11.3 Å². The molecule has 0 amide bonds. The highest BCUT2D eigenvalue weighted by Gasteiger charge is 2.07. The summed E-state index contributed by atoms with van der Waals surface area (Å²) in [5.41, 5.74) is 4.54. The van der Waals surface area contributed by atoms with Gasteiger partial charge >= 0.3 is 0 Å². The van der Waals surface area contributed by atoms with Crippen LogP contribution in [0, 0.1) is 0 Å². The molecule has 3 nitrogen and oxygen atoms in total. The maximum absolute atomic E-state index is 4.66. The van der Waals surface area contributed by atoms with E-state index in [4.69, 9.17) is 0 Å². The fraction of sp³-hybridized carbons (Fsp3) is 0.158. The summed E-state index contributed by atoms with van der Waals surface area (Å²) in [6.07, 6.45) is 2.92. The molecule has 1 heterocycles. The molecule has 2 aromatic carbocycles. The van der Waals surface area contributed by atoms with Crippen LogP contribution in [0.2, 0.25) is 0 Å². The predicted octanol–water partition coefficient (Wildman–Crippen LogP) is 4.95. The fourth-order valence-electron chi connectivity index (χ4n) is 2.37. The highest BCUT2D eigenvalue weighted by Crippen LogP contribution is 2.23. The highest BCUT2D eigenvalue weighted by molar-refractivity contribution is 9.10. The van der Waals surface area contributed by atoms with Gasteiger partial charge in [0.2, 0.25) is 4.80 Å². The first-order valence-electron chi connectivity index (χ1n) is 7.74. The van der Waals surface area contributed by atoms with Gasteiger partial charge in [-0.2, -0.15) is 5.10 Å². The van der Waals surface area contributed by atoms with Crippen molar-refractivity contribution >= 4 is 33.5 Å².